The van der Waals surface area contributed by atoms with E-state index in [1.165, 1.54) is 0 Å². The third-order valence-electron chi connectivity index (χ3n) is 5.51. The van der Waals surface area contributed by atoms with Gasteiger partial charge in [-0.05, 0) is 70.8 Å². The molecule has 4 aromatic rings. The van der Waals surface area contributed by atoms with Crippen molar-refractivity contribution in [3.8, 4) is 11.5 Å². The summed E-state index contributed by atoms with van der Waals surface area (Å²) >= 11 is 0. The summed E-state index contributed by atoms with van der Waals surface area (Å²) in [6.45, 7) is 8.27. The van der Waals surface area contributed by atoms with Crippen molar-refractivity contribution in [2.75, 3.05) is 0 Å². The molecule has 35 heavy (non-hydrogen) atoms. The third-order valence-corrected chi connectivity index (χ3v) is 7.30. The van der Waals surface area contributed by atoms with Gasteiger partial charge in [0, 0.05) is 0 Å². The first-order chi connectivity index (χ1) is 17.0. The van der Waals surface area contributed by atoms with Crippen molar-refractivity contribution >= 4 is 22.0 Å². The highest BCUT2D eigenvalue weighted by Crippen LogP contribution is 2.25. The molecular formula is C30H26O4S. The van der Waals surface area contributed by atoms with Crippen LogP contribution in [0.2, 0.25) is 0 Å². The molecule has 0 radical (unpaired) electrons. The number of hydrogen-bond donors (Lipinski definition) is 0. The lowest BCUT2D eigenvalue weighted by atomic mass is 10.1. The van der Waals surface area contributed by atoms with Crippen LogP contribution < -0.4 is 9.47 Å². The van der Waals surface area contributed by atoms with Crippen molar-refractivity contribution in [2.45, 2.75) is 23.0 Å². The van der Waals surface area contributed by atoms with Crippen molar-refractivity contribution < 1.29 is 17.9 Å². The third kappa shape index (κ3) is 6.08. The van der Waals surface area contributed by atoms with Gasteiger partial charge in [-0.2, -0.15) is 0 Å². The second-order valence-electron chi connectivity index (χ2n) is 7.92. The van der Waals surface area contributed by atoms with Gasteiger partial charge in [0.1, 0.15) is 24.7 Å². The Kier molecular flexibility index (Phi) is 7.48. The molecule has 0 unspecified atom stereocenters. The molecular weight excluding hydrogens is 456 g/mol. The molecule has 0 bridgehead atoms. The van der Waals surface area contributed by atoms with E-state index in [1.54, 1.807) is 60.7 Å². The minimum Gasteiger partial charge on any atom is -0.489 e. The maximum atomic E-state index is 13.0. The molecule has 5 heteroatoms. The fourth-order valence-corrected chi connectivity index (χ4v) is 4.66. The molecule has 0 spiro atoms. The summed E-state index contributed by atoms with van der Waals surface area (Å²) in [5.74, 6) is 1.20. The minimum atomic E-state index is -3.65. The van der Waals surface area contributed by atoms with Crippen LogP contribution in [0, 0.1) is 0 Å². The Bertz CT molecular complexity index is 1280. The van der Waals surface area contributed by atoms with Crippen molar-refractivity contribution in [2.24, 2.45) is 0 Å². The molecule has 0 aliphatic heterocycles. The van der Waals surface area contributed by atoms with Crippen LogP contribution in [-0.4, -0.2) is 8.42 Å². The summed E-state index contributed by atoms with van der Waals surface area (Å²) in [4.78, 5) is 0.410. The van der Waals surface area contributed by atoms with Gasteiger partial charge >= 0.3 is 0 Å². The van der Waals surface area contributed by atoms with E-state index in [4.69, 9.17) is 9.47 Å². The number of sulfone groups is 1. The van der Waals surface area contributed by atoms with Crippen molar-refractivity contribution in [3.05, 3.63) is 132 Å². The Morgan fingerprint density at radius 1 is 0.543 bits per heavy atom. The van der Waals surface area contributed by atoms with Gasteiger partial charge in [-0.3, -0.25) is 0 Å². The highest BCUT2D eigenvalue weighted by molar-refractivity contribution is 7.91. The van der Waals surface area contributed by atoms with Crippen LogP contribution in [0.5, 0.6) is 11.5 Å². The van der Waals surface area contributed by atoms with Crippen LogP contribution in [0.3, 0.4) is 0 Å². The minimum absolute atomic E-state index is 0.205. The quantitative estimate of drug-likeness (QED) is 0.245. The van der Waals surface area contributed by atoms with Crippen molar-refractivity contribution in [1.82, 2.24) is 0 Å². The molecule has 176 valence electrons. The Balaban J connectivity index is 1.37. The number of rotatable bonds is 10. The van der Waals surface area contributed by atoms with Gasteiger partial charge in [-0.25, -0.2) is 8.42 Å². The maximum absolute atomic E-state index is 13.0. The van der Waals surface area contributed by atoms with Crippen LogP contribution in [0.4, 0.5) is 0 Å². The maximum Gasteiger partial charge on any atom is 0.206 e. The molecule has 0 aliphatic carbocycles. The predicted molar refractivity (Wildman–Crippen MR) is 140 cm³/mol. The van der Waals surface area contributed by atoms with Crippen LogP contribution in [0.15, 0.2) is 120 Å². The smallest absolute Gasteiger partial charge is 0.206 e. The monoisotopic (exact) mass is 482 g/mol. The summed E-state index contributed by atoms with van der Waals surface area (Å²) in [7, 11) is -3.65. The highest BCUT2D eigenvalue weighted by atomic mass is 32.2. The lowest BCUT2D eigenvalue weighted by molar-refractivity contribution is 0.306. The Morgan fingerprint density at radius 2 is 0.886 bits per heavy atom. The largest absolute Gasteiger partial charge is 0.489 e. The van der Waals surface area contributed by atoms with Crippen LogP contribution >= 0.6 is 0 Å². The van der Waals surface area contributed by atoms with Crippen molar-refractivity contribution in [3.63, 3.8) is 0 Å². The lowest BCUT2D eigenvalue weighted by Crippen LogP contribution is -2.03. The van der Waals surface area contributed by atoms with Gasteiger partial charge in [0.05, 0.1) is 9.79 Å². The summed E-state index contributed by atoms with van der Waals surface area (Å²) < 4.78 is 37.7. The zero-order valence-electron chi connectivity index (χ0n) is 19.3. The fraction of sp³-hybridized carbons (Fsp3) is 0.0667. The number of benzene rings is 4. The normalized spacial score (nSPS) is 11.0. The second-order valence-corrected chi connectivity index (χ2v) is 9.86. The molecule has 0 saturated carbocycles. The Morgan fingerprint density at radius 3 is 1.20 bits per heavy atom. The standard InChI is InChI=1S/C30H26O4S/c1-3-23-5-9-25(10-6-23)21-33-27-13-17-29(18-14-27)35(31,32)30-19-15-28(16-20-30)34-22-26-11-7-24(4-2)8-12-26/h3-20H,1-2,21-22H2. The molecule has 4 aromatic carbocycles. The second kappa shape index (κ2) is 10.9. The average Bonchev–Trinajstić information content (AvgIpc) is 2.92. The zero-order valence-corrected chi connectivity index (χ0v) is 20.1. The van der Waals surface area contributed by atoms with Gasteiger partial charge in [-0.1, -0.05) is 73.8 Å². The van der Waals surface area contributed by atoms with Crippen LogP contribution in [0.25, 0.3) is 12.2 Å². The molecule has 0 atom stereocenters. The molecule has 0 amide bonds. The first-order valence-corrected chi connectivity index (χ1v) is 12.6. The van der Waals surface area contributed by atoms with Gasteiger partial charge in [0.15, 0.2) is 0 Å². The Hall–Kier alpha value is -4.09. The van der Waals surface area contributed by atoms with E-state index in [-0.39, 0.29) is 9.79 Å². The van der Waals surface area contributed by atoms with Gasteiger partial charge in [0.25, 0.3) is 0 Å². The molecule has 0 saturated heterocycles. The van der Waals surface area contributed by atoms with Gasteiger partial charge in [0.2, 0.25) is 9.84 Å². The molecule has 0 N–H and O–H groups in total. The average molecular weight is 483 g/mol. The Labute approximate surface area is 206 Å². The van der Waals surface area contributed by atoms with E-state index in [0.29, 0.717) is 24.7 Å². The van der Waals surface area contributed by atoms with Gasteiger partial charge in [-0.15, -0.1) is 0 Å². The van der Waals surface area contributed by atoms with Crippen molar-refractivity contribution in [1.29, 1.82) is 0 Å². The predicted octanol–water partition coefficient (Wildman–Crippen LogP) is 6.96. The van der Waals surface area contributed by atoms with E-state index in [1.807, 2.05) is 48.5 Å². The summed E-state index contributed by atoms with van der Waals surface area (Å²) in [5.41, 5.74) is 4.12. The van der Waals surface area contributed by atoms with Gasteiger partial charge < -0.3 is 9.47 Å². The molecule has 0 heterocycles. The van der Waals surface area contributed by atoms with E-state index in [0.717, 1.165) is 22.3 Å². The molecule has 0 aliphatic rings. The first kappa shape index (κ1) is 24.0. The molecule has 4 nitrogen and oxygen atoms in total. The summed E-state index contributed by atoms with van der Waals surface area (Å²) in [6, 6.07) is 28.7. The highest BCUT2D eigenvalue weighted by Gasteiger charge is 2.17. The fourth-order valence-electron chi connectivity index (χ4n) is 3.40. The molecule has 0 fully saturated rings. The van der Waals surface area contributed by atoms with Crippen LogP contribution in [-0.2, 0) is 23.1 Å². The van der Waals surface area contributed by atoms with E-state index in [9.17, 15) is 8.42 Å². The van der Waals surface area contributed by atoms with E-state index < -0.39 is 9.84 Å². The topological polar surface area (TPSA) is 52.6 Å². The van der Waals surface area contributed by atoms with Crippen LogP contribution in [0.1, 0.15) is 22.3 Å². The zero-order chi connectivity index (χ0) is 24.7. The van der Waals surface area contributed by atoms with E-state index in [2.05, 4.69) is 13.2 Å². The van der Waals surface area contributed by atoms with E-state index >= 15 is 0 Å². The number of ether oxygens (including phenoxy) is 2. The summed E-state index contributed by atoms with van der Waals surface area (Å²) in [5, 5.41) is 0. The lowest BCUT2D eigenvalue weighted by Gasteiger charge is -2.10. The SMILES string of the molecule is C=Cc1ccc(COc2ccc(S(=O)(=O)c3ccc(OCc4ccc(C=C)cc4)cc3)cc2)cc1. The number of hydrogen-bond acceptors (Lipinski definition) is 4. The first-order valence-electron chi connectivity index (χ1n) is 11.1. The molecule has 0 aromatic heterocycles. The summed E-state index contributed by atoms with van der Waals surface area (Å²) in [6.07, 6.45) is 3.57. The molecule has 4 rings (SSSR count).